The van der Waals surface area contributed by atoms with Gasteiger partial charge in [-0.3, -0.25) is 9.52 Å². The van der Waals surface area contributed by atoms with Crippen molar-refractivity contribution < 1.29 is 13.2 Å². The zero-order valence-electron chi connectivity index (χ0n) is 13.6. The van der Waals surface area contributed by atoms with Gasteiger partial charge < -0.3 is 5.32 Å². The highest BCUT2D eigenvalue weighted by atomic mass is 35.5. The van der Waals surface area contributed by atoms with Gasteiger partial charge in [-0.2, -0.15) is 0 Å². The fraction of sp³-hybridized carbons (Fsp3) is 0.235. The van der Waals surface area contributed by atoms with Crippen LogP contribution in [0.1, 0.15) is 29.8 Å². The van der Waals surface area contributed by atoms with E-state index in [-0.39, 0.29) is 33.1 Å². The first-order chi connectivity index (χ1) is 11.2. The summed E-state index contributed by atoms with van der Waals surface area (Å²) in [6.07, 6.45) is 0. The van der Waals surface area contributed by atoms with Gasteiger partial charge in [0, 0.05) is 11.7 Å². The van der Waals surface area contributed by atoms with Crippen LogP contribution in [0.5, 0.6) is 0 Å². The lowest BCUT2D eigenvalue weighted by Gasteiger charge is -2.12. The summed E-state index contributed by atoms with van der Waals surface area (Å²) in [6.45, 7) is 5.54. The van der Waals surface area contributed by atoms with Gasteiger partial charge in [0.15, 0.2) is 0 Å². The molecule has 0 aliphatic rings. The maximum atomic E-state index is 12.4. The molecule has 2 aromatic rings. The monoisotopic (exact) mass is 366 g/mol. The van der Waals surface area contributed by atoms with Crippen LogP contribution in [0.15, 0.2) is 47.4 Å². The third kappa shape index (κ3) is 4.49. The number of carbonyl (C=O) groups is 1. The van der Waals surface area contributed by atoms with E-state index in [4.69, 9.17) is 11.6 Å². The molecule has 0 saturated carbocycles. The Hall–Kier alpha value is -2.05. The Morgan fingerprint density at radius 1 is 1.08 bits per heavy atom. The highest BCUT2D eigenvalue weighted by Gasteiger charge is 2.17. The predicted molar refractivity (Wildman–Crippen MR) is 96.0 cm³/mol. The molecule has 7 heteroatoms. The molecule has 0 aliphatic carbocycles. The molecular weight excluding hydrogens is 348 g/mol. The molecule has 2 aromatic carbocycles. The number of nitrogens with one attached hydrogen (secondary N) is 2. The lowest BCUT2D eigenvalue weighted by molar-refractivity contribution is 0.0943. The van der Waals surface area contributed by atoms with E-state index in [9.17, 15) is 13.2 Å². The molecule has 1 amide bonds. The quantitative estimate of drug-likeness (QED) is 0.849. The van der Waals surface area contributed by atoms with Crippen LogP contribution in [-0.2, 0) is 10.0 Å². The van der Waals surface area contributed by atoms with Crippen LogP contribution in [0.4, 0.5) is 5.69 Å². The number of rotatable bonds is 5. The average Bonchev–Trinajstić information content (AvgIpc) is 2.48. The summed E-state index contributed by atoms with van der Waals surface area (Å²) in [4.78, 5) is 12.3. The van der Waals surface area contributed by atoms with E-state index in [0.717, 1.165) is 5.56 Å². The van der Waals surface area contributed by atoms with Gasteiger partial charge in [0.1, 0.15) is 0 Å². The minimum Gasteiger partial charge on any atom is -0.350 e. The molecule has 0 bridgehead atoms. The topological polar surface area (TPSA) is 75.3 Å². The summed E-state index contributed by atoms with van der Waals surface area (Å²) >= 11 is 6.04. The molecule has 0 aliphatic heterocycles. The minimum atomic E-state index is -3.73. The summed E-state index contributed by atoms with van der Waals surface area (Å²) in [7, 11) is -3.73. The molecule has 128 valence electrons. The van der Waals surface area contributed by atoms with Crippen molar-refractivity contribution in [2.24, 2.45) is 0 Å². The number of aryl methyl sites for hydroxylation is 1. The lowest BCUT2D eigenvalue weighted by Crippen LogP contribution is -2.30. The van der Waals surface area contributed by atoms with Gasteiger partial charge in [-0.1, -0.05) is 29.3 Å². The van der Waals surface area contributed by atoms with Crippen LogP contribution < -0.4 is 10.0 Å². The number of carbonyl (C=O) groups excluding carboxylic acids is 1. The van der Waals surface area contributed by atoms with Gasteiger partial charge in [-0.05, 0) is 51.1 Å². The smallest absolute Gasteiger partial charge is 0.261 e. The number of amides is 1. The van der Waals surface area contributed by atoms with E-state index in [1.54, 1.807) is 12.1 Å². The van der Waals surface area contributed by atoms with Gasteiger partial charge in [-0.25, -0.2) is 8.42 Å². The molecule has 0 aromatic heterocycles. The van der Waals surface area contributed by atoms with E-state index in [0.29, 0.717) is 0 Å². The third-order valence-electron chi connectivity index (χ3n) is 3.21. The molecule has 0 heterocycles. The molecule has 0 radical (unpaired) electrons. The second kappa shape index (κ2) is 7.23. The largest absolute Gasteiger partial charge is 0.350 e. The summed E-state index contributed by atoms with van der Waals surface area (Å²) < 4.78 is 27.3. The number of benzene rings is 2. The van der Waals surface area contributed by atoms with E-state index in [1.165, 1.54) is 30.3 Å². The molecule has 0 atom stereocenters. The standard InChI is InChI=1S/C17H19ClN2O3S/c1-11(2)19-17(21)15-10-13(6-9-16(15)18)20-24(22,23)14-7-4-12(3)5-8-14/h4-11,20H,1-3H3,(H,19,21). The van der Waals surface area contributed by atoms with Crippen molar-refractivity contribution >= 4 is 33.2 Å². The fourth-order valence-electron chi connectivity index (χ4n) is 2.03. The Kier molecular flexibility index (Phi) is 5.51. The lowest BCUT2D eigenvalue weighted by atomic mass is 10.2. The second-order valence-corrected chi connectivity index (χ2v) is 7.83. The first-order valence-electron chi connectivity index (χ1n) is 7.39. The van der Waals surface area contributed by atoms with Crippen LogP contribution in [-0.4, -0.2) is 20.4 Å². The summed E-state index contributed by atoms with van der Waals surface area (Å²) in [6, 6.07) is 10.9. The first-order valence-corrected chi connectivity index (χ1v) is 9.25. The highest BCUT2D eigenvalue weighted by molar-refractivity contribution is 7.92. The third-order valence-corrected chi connectivity index (χ3v) is 4.94. The van der Waals surface area contributed by atoms with Gasteiger partial charge in [0.25, 0.3) is 15.9 Å². The summed E-state index contributed by atoms with van der Waals surface area (Å²) in [5, 5.41) is 2.98. The van der Waals surface area contributed by atoms with E-state index in [2.05, 4.69) is 10.0 Å². The van der Waals surface area contributed by atoms with Crippen LogP contribution in [0.2, 0.25) is 5.02 Å². The molecular formula is C17H19ClN2O3S. The molecule has 0 saturated heterocycles. The first kappa shape index (κ1) is 18.3. The predicted octanol–water partition coefficient (Wildman–Crippen LogP) is 3.59. The van der Waals surface area contributed by atoms with Gasteiger partial charge in [0.2, 0.25) is 0 Å². The zero-order valence-corrected chi connectivity index (χ0v) is 15.2. The summed E-state index contributed by atoms with van der Waals surface area (Å²) in [5.74, 6) is -0.355. The number of hydrogen-bond acceptors (Lipinski definition) is 3. The molecule has 2 rings (SSSR count). The number of halogens is 1. The van der Waals surface area contributed by atoms with Crippen LogP contribution in [0.25, 0.3) is 0 Å². The van der Waals surface area contributed by atoms with Crippen LogP contribution in [0.3, 0.4) is 0 Å². The van der Waals surface area contributed by atoms with E-state index >= 15 is 0 Å². The SMILES string of the molecule is Cc1ccc(S(=O)(=O)Nc2ccc(Cl)c(C(=O)NC(C)C)c2)cc1. The van der Waals surface area contributed by atoms with Crippen molar-refractivity contribution in [1.29, 1.82) is 0 Å². The molecule has 24 heavy (non-hydrogen) atoms. The highest BCUT2D eigenvalue weighted by Crippen LogP contribution is 2.23. The molecule has 0 fully saturated rings. The van der Waals surface area contributed by atoms with Crippen molar-refractivity contribution in [1.82, 2.24) is 5.32 Å². The van der Waals surface area contributed by atoms with Crippen molar-refractivity contribution in [2.75, 3.05) is 4.72 Å². The Balaban J connectivity index is 2.30. The molecule has 2 N–H and O–H groups in total. The van der Waals surface area contributed by atoms with Gasteiger partial charge in [0.05, 0.1) is 15.5 Å². The van der Waals surface area contributed by atoms with Crippen molar-refractivity contribution in [2.45, 2.75) is 31.7 Å². The Labute approximate surface area is 147 Å². The molecule has 5 nitrogen and oxygen atoms in total. The summed E-state index contributed by atoms with van der Waals surface area (Å²) in [5.41, 5.74) is 1.46. The van der Waals surface area contributed by atoms with Gasteiger partial charge >= 0.3 is 0 Å². The van der Waals surface area contributed by atoms with Crippen LogP contribution in [0, 0.1) is 6.92 Å². The molecule has 0 unspecified atom stereocenters. The normalized spacial score (nSPS) is 11.4. The second-order valence-electron chi connectivity index (χ2n) is 5.74. The number of anilines is 1. The maximum absolute atomic E-state index is 12.4. The van der Waals surface area contributed by atoms with Gasteiger partial charge in [-0.15, -0.1) is 0 Å². The van der Waals surface area contributed by atoms with Crippen molar-refractivity contribution in [3.63, 3.8) is 0 Å². The Bertz CT molecular complexity index is 847. The van der Waals surface area contributed by atoms with Crippen molar-refractivity contribution in [3.05, 3.63) is 58.6 Å². The fourth-order valence-corrected chi connectivity index (χ4v) is 3.29. The zero-order chi connectivity index (χ0) is 17.9. The maximum Gasteiger partial charge on any atom is 0.261 e. The van der Waals surface area contributed by atoms with E-state index < -0.39 is 10.0 Å². The van der Waals surface area contributed by atoms with E-state index in [1.807, 2.05) is 20.8 Å². The minimum absolute atomic E-state index is 0.0542. The number of hydrogen-bond donors (Lipinski definition) is 2. The Morgan fingerprint density at radius 3 is 2.29 bits per heavy atom. The number of sulfonamides is 1. The average molecular weight is 367 g/mol. The Morgan fingerprint density at radius 2 is 1.71 bits per heavy atom. The van der Waals surface area contributed by atoms with Crippen LogP contribution >= 0.6 is 11.6 Å². The van der Waals surface area contributed by atoms with Crippen molar-refractivity contribution in [3.8, 4) is 0 Å². The molecule has 0 spiro atoms.